The Morgan fingerprint density at radius 2 is 1.84 bits per heavy atom. The summed E-state index contributed by atoms with van der Waals surface area (Å²) >= 11 is 0. The Labute approximate surface area is 147 Å². The lowest BCUT2D eigenvalue weighted by Crippen LogP contribution is -2.41. The first-order chi connectivity index (χ1) is 12.2. The van der Waals surface area contributed by atoms with E-state index in [2.05, 4.69) is 5.32 Å². The normalized spacial score (nSPS) is 17.2. The summed E-state index contributed by atoms with van der Waals surface area (Å²) in [5.74, 6) is -0.394. The molecule has 1 heterocycles. The molecule has 5 heteroatoms. The minimum Gasteiger partial charge on any atom is -0.468 e. The van der Waals surface area contributed by atoms with Gasteiger partial charge in [-0.3, -0.25) is 14.5 Å². The van der Waals surface area contributed by atoms with E-state index in [9.17, 15) is 9.59 Å². The molecule has 1 amide bonds. The van der Waals surface area contributed by atoms with Crippen LogP contribution in [0, 0.1) is 0 Å². The number of likely N-dealkylation sites (tertiary alicyclic amines) is 1. The van der Waals surface area contributed by atoms with Gasteiger partial charge in [0.25, 0.3) is 0 Å². The molecule has 3 rings (SSSR count). The predicted octanol–water partition coefficient (Wildman–Crippen LogP) is 2.93. The number of ether oxygens (including phenoxy) is 1. The molecule has 0 radical (unpaired) electrons. The second-order valence-electron chi connectivity index (χ2n) is 6.11. The first-order valence-electron chi connectivity index (χ1n) is 8.45. The smallest absolute Gasteiger partial charge is 0.323 e. The van der Waals surface area contributed by atoms with Gasteiger partial charge >= 0.3 is 5.97 Å². The summed E-state index contributed by atoms with van der Waals surface area (Å²) in [7, 11) is 1.38. The molecule has 2 aromatic rings. The van der Waals surface area contributed by atoms with Crippen LogP contribution in [0.2, 0.25) is 0 Å². The van der Waals surface area contributed by atoms with Gasteiger partial charge in [-0.1, -0.05) is 48.5 Å². The number of nitrogens with zero attached hydrogens (tertiary/aromatic N) is 1. The van der Waals surface area contributed by atoms with Crippen molar-refractivity contribution < 1.29 is 14.3 Å². The van der Waals surface area contributed by atoms with Crippen LogP contribution in [-0.2, 0) is 14.3 Å². The highest BCUT2D eigenvalue weighted by atomic mass is 16.5. The van der Waals surface area contributed by atoms with Crippen LogP contribution in [0.25, 0.3) is 11.1 Å². The van der Waals surface area contributed by atoms with Crippen LogP contribution < -0.4 is 5.32 Å². The molecule has 0 saturated carbocycles. The highest BCUT2D eigenvalue weighted by Crippen LogP contribution is 2.27. The number of anilines is 1. The van der Waals surface area contributed by atoms with E-state index in [1.54, 1.807) is 0 Å². The van der Waals surface area contributed by atoms with E-state index >= 15 is 0 Å². The Morgan fingerprint density at radius 1 is 1.12 bits per heavy atom. The van der Waals surface area contributed by atoms with Gasteiger partial charge < -0.3 is 10.1 Å². The van der Waals surface area contributed by atoms with Crippen molar-refractivity contribution in [2.24, 2.45) is 0 Å². The van der Waals surface area contributed by atoms with Crippen LogP contribution in [0.4, 0.5) is 5.69 Å². The van der Waals surface area contributed by atoms with E-state index in [0.717, 1.165) is 36.2 Å². The molecule has 1 aliphatic heterocycles. The average Bonchev–Trinajstić information content (AvgIpc) is 3.10. The quantitative estimate of drug-likeness (QED) is 0.852. The van der Waals surface area contributed by atoms with Crippen molar-refractivity contribution >= 4 is 17.6 Å². The number of benzene rings is 2. The number of amides is 1. The van der Waals surface area contributed by atoms with Crippen molar-refractivity contribution in [3.63, 3.8) is 0 Å². The zero-order valence-electron chi connectivity index (χ0n) is 14.3. The minimum atomic E-state index is -0.319. The van der Waals surface area contributed by atoms with Crippen LogP contribution in [0.3, 0.4) is 0 Å². The number of methoxy groups -OCH3 is 1. The lowest BCUT2D eigenvalue weighted by Gasteiger charge is -2.22. The molecule has 0 aromatic heterocycles. The first-order valence-corrected chi connectivity index (χ1v) is 8.45. The maximum Gasteiger partial charge on any atom is 0.323 e. The number of hydrogen-bond donors (Lipinski definition) is 1. The Kier molecular flexibility index (Phi) is 5.46. The van der Waals surface area contributed by atoms with Crippen molar-refractivity contribution in [1.29, 1.82) is 0 Å². The van der Waals surface area contributed by atoms with Gasteiger partial charge in [0.2, 0.25) is 5.91 Å². The number of rotatable bonds is 5. The maximum atomic E-state index is 12.5. The van der Waals surface area contributed by atoms with Crippen molar-refractivity contribution in [3.8, 4) is 11.1 Å². The largest absolute Gasteiger partial charge is 0.468 e. The van der Waals surface area contributed by atoms with Gasteiger partial charge in [-0.15, -0.1) is 0 Å². The second-order valence-corrected chi connectivity index (χ2v) is 6.11. The summed E-state index contributed by atoms with van der Waals surface area (Å²) < 4.78 is 4.83. The highest BCUT2D eigenvalue weighted by Gasteiger charge is 2.32. The van der Waals surface area contributed by atoms with E-state index < -0.39 is 0 Å². The molecule has 0 bridgehead atoms. The van der Waals surface area contributed by atoms with E-state index in [1.807, 2.05) is 59.5 Å². The fraction of sp³-hybridized carbons (Fsp3) is 0.300. The summed E-state index contributed by atoms with van der Waals surface area (Å²) in [5.41, 5.74) is 2.79. The van der Waals surface area contributed by atoms with Crippen molar-refractivity contribution in [2.75, 3.05) is 25.5 Å². The van der Waals surface area contributed by atoms with Crippen LogP contribution in [0.5, 0.6) is 0 Å². The van der Waals surface area contributed by atoms with E-state index in [-0.39, 0.29) is 24.5 Å². The van der Waals surface area contributed by atoms with Gasteiger partial charge in [-0.2, -0.15) is 0 Å². The molecule has 2 aromatic carbocycles. The van der Waals surface area contributed by atoms with Crippen LogP contribution in [0.1, 0.15) is 12.8 Å². The minimum absolute atomic E-state index is 0.126. The molecule has 130 valence electrons. The van der Waals surface area contributed by atoms with Crippen molar-refractivity contribution in [1.82, 2.24) is 4.90 Å². The first kappa shape index (κ1) is 17.2. The summed E-state index contributed by atoms with van der Waals surface area (Å²) in [6, 6.07) is 17.3. The fourth-order valence-electron chi connectivity index (χ4n) is 3.25. The summed E-state index contributed by atoms with van der Waals surface area (Å²) in [6.45, 7) is 0.913. The van der Waals surface area contributed by atoms with Gasteiger partial charge in [0.15, 0.2) is 0 Å². The standard InChI is InChI=1S/C20H22N2O3/c1-25-20(24)18-12-7-13-22(18)14-19(23)21-17-11-6-5-10-16(17)15-8-3-2-4-9-15/h2-6,8-11,18H,7,12-14H2,1H3,(H,21,23). The number of nitrogens with one attached hydrogen (secondary N) is 1. The number of carbonyl (C=O) groups excluding carboxylic acids is 2. The maximum absolute atomic E-state index is 12.5. The topological polar surface area (TPSA) is 58.6 Å². The highest BCUT2D eigenvalue weighted by molar-refractivity contribution is 5.96. The molecular formula is C20H22N2O3. The van der Waals surface area contributed by atoms with E-state index in [1.165, 1.54) is 7.11 Å². The zero-order chi connectivity index (χ0) is 17.6. The summed E-state index contributed by atoms with van der Waals surface area (Å²) in [6.07, 6.45) is 1.63. The Bertz CT molecular complexity index is 746. The van der Waals surface area contributed by atoms with Gasteiger partial charge in [0, 0.05) is 11.3 Å². The Hall–Kier alpha value is -2.66. The molecule has 1 aliphatic rings. The van der Waals surface area contributed by atoms with Gasteiger partial charge in [0.1, 0.15) is 6.04 Å². The lowest BCUT2D eigenvalue weighted by atomic mass is 10.0. The zero-order valence-corrected chi connectivity index (χ0v) is 14.3. The second kappa shape index (κ2) is 7.94. The molecular weight excluding hydrogens is 316 g/mol. The fourth-order valence-corrected chi connectivity index (χ4v) is 3.25. The SMILES string of the molecule is COC(=O)C1CCCN1CC(=O)Nc1ccccc1-c1ccccc1. The Balaban J connectivity index is 1.71. The van der Waals surface area contributed by atoms with Crippen LogP contribution in [-0.4, -0.2) is 43.0 Å². The summed E-state index contributed by atoms with van der Waals surface area (Å²) in [5, 5.41) is 2.98. The summed E-state index contributed by atoms with van der Waals surface area (Å²) in [4.78, 5) is 26.2. The van der Waals surface area contributed by atoms with Crippen LogP contribution >= 0.6 is 0 Å². The average molecular weight is 338 g/mol. The number of para-hydroxylation sites is 1. The molecule has 1 atom stereocenters. The van der Waals surface area contributed by atoms with Crippen molar-refractivity contribution in [2.45, 2.75) is 18.9 Å². The van der Waals surface area contributed by atoms with E-state index in [4.69, 9.17) is 4.74 Å². The van der Waals surface area contributed by atoms with Gasteiger partial charge in [-0.05, 0) is 31.0 Å². The van der Waals surface area contributed by atoms with Gasteiger partial charge in [-0.25, -0.2) is 0 Å². The molecule has 25 heavy (non-hydrogen) atoms. The molecule has 1 N–H and O–H groups in total. The number of carbonyl (C=O) groups is 2. The monoisotopic (exact) mass is 338 g/mol. The van der Waals surface area contributed by atoms with E-state index in [0.29, 0.717) is 0 Å². The third kappa shape index (κ3) is 4.06. The van der Waals surface area contributed by atoms with Gasteiger partial charge in [0.05, 0.1) is 13.7 Å². The Morgan fingerprint density at radius 3 is 2.60 bits per heavy atom. The van der Waals surface area contributed by atoms with Crippen molar-refractivity contribution in [3.05, 3.63) is 54.6 Å². The molecule has 0 spiro atoms. The third-order valence-electron chi connectivity index (χ3n) is 4.47. The molecule has 5 nitrogen and oxygen atoms in total. The van der Waals surface area contributed by atoms with Crippen LogP contribution in [0.15, 0.2) is 54.6 Å². The molecule has 1 unspecified atom stereocenters. The molecule has 1 saturated heterocycles. The molecule has 1 fully saturated rings. The number of hydrogen-bond acceptors (Lipinski definition) is 4. The lowest BCUT2D eigenvalue weighted by molar-refractivity contribution is -0.146. The third-order valence-corrected chi connectivity index (χ3v) is 4.47. The molecule has 0 aliphatic carbocycles. The predicted molar refractivity (Wildman–Crippen MR) is 97.1 cm³/mol. The number of esters is 1.